The smallest absolute Gasteiger partial charge is 0.119 e. The monoisotopic (exact) mass is 278 g/mol. The van der Waals surface area contributed by atoms with E-state index in [0.717, 1.165) is 29.9 Å². The average molecular weight is 279 g/mol. The Bertz CT molecular complexity index is 442. The molecule has 2 heteroatoms. The van der Waals surface area contributed by atoms with Gasteiger partial charge in [-0.2, -0.15) is 0 Å². The van der Waals surface area contributed by atoms with Crippen molar-refractivity contribution in [3.63, 3.8) is 0 Å². The van der Waals surface area contributed by atoms with Gasteiger partial charge in [0.2, 0.25) is 0 Å². The minimum absolute atomic E-state index is 0.586. The molecule has 1 nitrogen and oxygen atoms in total. The van der Waals surface area contributed by atoms with Gasteiger partial charge in [-0.1, -0.05) is 32.1 Å². The molecule has 0 radical (unpaired) electrons. The van der Waals surface area contributed by atoms with Crippen LogP contribution < -0.4 is 4.74 Å². The molecule has 104 valence electrons. The second kappa shape index (κ2) is 8.88. The molecular formula is C17H23ClO. The zero-order valence-electron chi connectivity index (χ0n) is 12.1. The summed E-state index contributed by atoms with van der Waals surface area (Å²) >= 11 is 5.61. The van der Waals surface area contributed by atoms with Crippen LogP contribution in [0.4, 0.5) is 0 Å². The van der Waals surface area contributed by atoms with E-state index in [1.54, 1.807) is 0 Å². The Morgan fingerprint density at radius 2 is 2.16 bits per heavy atom. The molecule has 0 spiro atoms. The zero-order valence-corrected chi connectivity index (χ0v) is 12.9. The third kappa shape index (κ3) is 6.03. The molecule has 1 atom stereocenters. The van der Waals surface area contributed by atoms with Crippen LogP contribution in [0.15, 0.2) is 18.2 Å². The topological polar surface area (TPSA) is 9.23 Å². The largest absolute Gasteiger partial charge is 0.493 e. The molecule has 19 heavy (non-hydrogen) atoms. The van der Waals surface area contributed by atoms with Gasteiger partial charge in [0.25, 0.3) is 0 Å². The lowest BCUT2D eigenvalue weighted by molar-refractivity contribution is 0.251. The first-order chi connectivity index (χ1) is 9.17. The molecule has 0 bridgehead atoms. The van der Waals surface area contributed by atoms with Crippen molar-refractivity contribution in [3.8, 4) is 17.6 Å². The van der Waals surface area contributed by atoms with Gasteiger partial charge in [0, 0.05) is 17.9 Å². The maximum Gasteiger partial charge on any atom is 0.119 e. The van der Waals surface area contributed by atoms with Crippen molar-refractivity contribution in [2.75, 3.05) is 12.5 Å². The lowest BCUT2D eigenvalue weighted by Crippen LogP contribution is -2.08. The van der Waals surface area contributed by atoms with Crippen LogP contribution in [0.1, 0.15) is 44.2 Å². The minimum atomic E-state index is 0.586. The van der Waals surface area contributed by atoms with Gasteiger partial charge in [-0.25, -0.2) is 0 Å². The van der Waals surface area contributed by atoms with Gasteiger partial charge in [-0.3, -0.25) is 0 Å². The van der Waals surface area contributed by atoms with Crippen molar-refractivity contribution < 1.29 is 4.74 Å². The second-order valence-corrected chi connectivity index (χ2v) is 5.30. The molecular weight excluding hydrogens is 256 g/mol. The summed E-state index contributed by atoms with van der Waals surface area (Å²) in [6.07, 6.45) is 3.15. The number of rotatable bonds is 6. The molecule has 0 heterocycles. The molecule has 0 aromatic heterocycles. The molecule has 0 aliphatic heterocycles. The number of hydrogen-bond acceptors (Lipinski definition) is 1. The van der Waals surface area contributed by atoms with Crippen molar-refractivity contribution in [2.45, 2.75) is 40.0 Å². The number of halogens is 1. The Labute approximate surface area is 122 Å². The van der Waals surface area contributed by atoms with Crippen LogP contribution >= 0.6 is 11.6 Å². The van der Waals surface area contributed by atoms with Crippen LogP contribution in [0.5, 0.6) is 5.75 Å². The normalized spacial score (nSPS) is 11.6. The van der Waals surface area contributed by atoms with Crippen molar-refractivity contribution >= 4 is 11.6 Å². The van der Waals surface area contributed by atoms with E-state index < -0.39 is 0 Å². The van der Waals surface area contributed by atoms with Crippen LogP contribution in [-0.2, 0) is 0 Å². The first-order valence-corrected chi connectivity index (χ1v) is 7.49. The van der Waals surface area contributed by atoms with Crippen LogP contribution in [0.25, 0.3) is 0 Å². The molecule has 0 fully saturated rings. The number of ether oxygens (including phenoxy) is 1. The Morgan fingerprint density at radius 1 is 1.37 bits per heavy atom. The van der Waals surface area contributed by atoms with Crippen molar-refractivity contribution in [3.05, 3.63) is 29.3 Å². The lowest BCUT2D eigenvalue weighted by atomic mass is 10.1. The van der Waals surface area contributed by atoms with Crippen LogP contribution in [0, 0.1) is 24.7 Å². The van der Waals surface area contributed by atoms with E-state index in [1.807, 2.05) is 12.1 Å². The fourth-order valence-corrected chi connectivity index (χ4v) is 1.98. The number of alkyl halides is 1. The summed E-state index contributed by atoms with van der Waals surface area (Å²) < 4.78 is 5.81. The first kappa shape index (κ1) is 15.9. The third-order valence-corrected chi connectivity index (χ3v) is 3.15. The predicted molar refractivity (Wildman–Crippen MR) is 83.0 cm³/mol. The Hall–Kier alpha value is -1.13. The van der Waals surface area contributed by atoms with E-state index in [4.69, 9.17) is 16.3 Å². The molecule has 0 saturated carbocycles. The van der Waals surface area contributed by atoms with Crippen LogP contribution in [0.3, 0.4) is 0 Å². The summed E-state index contributed by atoms with van der Waals surface area (Å²) in [7, 11) is 0. The second-order valence-electron chi connectivity index (χ2n) is 4.92. The zero-order chi connectivity index (χ0) is 14.1. The van der Waals surface area contributed by atoms with Gasteiger partial charge < -0.3 is 4.74 Å². The summed E-state index contributed by atoms with van der Waals surface area (Å²) in [4.78, 5) is 0. The van der Waals surface area contributed by atoms with E-state index in [1.165, 1.54) is 12.8 Å². The van der Waals surface area contributed by atoms with E-state index in [0.29, 0.717) is 11.8 Å². The molecule has 1 aromatic carbocycles. The number of hydrogen-bond donors (Lipinski definition) is 0. The molecule has 1 aromatic rings. The molecule has 1 rings (SSSR count). The molecule has 0 N–H and O–H groups in total. The highest BCUT2D eigenvalue weighted by Gasteiger charge is 2.03. The van der Waals surface area contributed by atoms with Crippen molar-refractivity contribution in [2.24, 2.45) is 5.92 Å². The van der Waals surface area contributed by atoms with E-state index in [-0.39, 0.29) is 0 Å². The minimum Gasteiger partial charge on any atom is -0.493 e. The van der Waals surface area contributed by atoms with E-state index >= 15 is 0 Å². The molecule has 0 amide bonds. The number of aryl methyl sites for hydroxylation is 1. The van der Waals surface area contributed by atoms with Gasteiger partial charge in [-0.15, -0.1) is 11.6 Å². The van der Waals surface area contributed by atoms with Crippen LogP contribution in [-0.4, -0.2) is 12.5 Å². The molecule has 0 aliphatic carbocycles. The van der Waals surface area contributed by atoms with Gasteiger partial charge in [0.05, 0.1) is 6.61 Å². The Balaban J connectivity index is 2.59. The maximum absolute atomic E-state index is 5.81. The highest BCUT2D eigenvalue weighted by molar-refractivity contribution is 6.18. The first-order valence-electron chi connectivity index (χ1n) is 6.95. The van der Waals surface area contributed by atoms with Gasteiger partial charge >= 0.3 is 0 Å². The summed E-state index contributed by atoms with van der Waals surface area (Å²) in [6, 6.07) is 6.08. The Morgan fingerprint density at radius 3 is 2.79 bits per heavy atom. The Kier molecular flexibility index (Phi) is 7.45. The van der Waals surface area contributed by atoms with Crippen LogP contribution in [0.2, 0.25) is 0 Å². The third-order valence-electron chi connectivity index (χ3n) is 2.96. The summed E-state index contributed by atoms with van der Waals surface area (Å²) in [5.74, 6) is 8.32. The molecule has 0 aliphatic rings. The SMILES string of the molecule is CCCC(C)COc1ccc(C#CCCCl)c(C)c1. The van der Waals surface area contributed by atoms with Gasteiger partial charge in [0.1, 0.15) is 5.75 Å². The van der Waals surface area contributed by atoms with Gasteiger partial charge in [0.15, 0.2) is 0 Å². The molecule has 0 saturated heterocycles. The summed E-state index contributed by atoms with van der Waals surface area (Å²) in [5, 5.41) is 0. The number of benzene rings is 1. The van der Waals surface area contributed by atoms with Gasteiger partial charge in [-0.05, 0) is 43.0 Å². The quantitative estimate of drug-likeness (QED) is 0.537. The summed E-state index contributed by atoms with van der Waals surface area (Å²) in [5.41, 5.74) is 2.21. The average Bonchev–Trinajstić information content (AvgIpc) is 2.39. The van der Waals surface area contributed by atoms with Crippen molar-refractivity contribution in [1.82, 2.24) is 0 Å². The predicted octanol–water partition coefficient (Wildman–Crippen LogP) is 4.79. The van der Waals surface area contributed by atoms with E-state index in [2.05, 4.69) is 38.7 Å². The maximum atomic E-state index is 5.81. The molecule has 1 unspecified atom stereocenters. The standard InChI is InChI=1S/C17H23ClO/c1-4-7-14(2)13-19-17-10-9-16(15(3)12-17)8-5-6-11-18/h9-10,12,14H,4,6-7,11,13H2,1-3H3. The highest BCUT2D eigenvalue weighted by Crippen LogP contribution is 2.18. The summed E-state index contributed by atoms with van der Waals surface area (Å²) in [6.45, 7) is 7.27. The lowest BCUT2D eigenvalue weighted by Gasteiger charge is -2.12. The fraction of sp³-hybridized carbons (Fsp3) is 0.529. The fourth-order valence-electron chi connectivity index (χ4n) is 1.89. The van der Waals surface area contributed by atoms with Crippen molar-refractivity contribution in [1.29, 1.82) is 0 Å². The highest BCUT2D eigenvalue weighted by atomic mass is 35.5. The van der Waals surface area contributed by atoms with E-state index in [9.17, 15) is 0 Å².